The van der Waals surface area contributed by atoms with Gasteiger partial charge >= 0.3 is 0 Å². The molecule has 0 aliphatic carbocycles. The number of nitrogens with two attached hydrogens (primary N) is 1. The van der Waals surface area contributed by atoms with Crippen LogP contribution in [0.3, 0.4) is 0 Å². The van der Waals surface area contributed by atoms with Crippen molar-refractivity contribution in [2.24, 2.45) is 15.9 Å². The van der Waals surface area contributed by atoms with Gasteiger partial charge in [-0.2, -0.15) is 5.10 Å². The molecular weight excluding hydrogens is 320 g/mol. The zero-order valence-corrected chi connectivity index (χ0v) is 14.5. The molecule has 0 unspecified atom stereocenters. The zero-order chi connectivity index (χ0) is 17.2. The van der Waals surface area contributed by atoms with Gasteiger partial charge < -0.3 is 15.7 Å². The SMILES string of the molecule is CN(CCO)c1ccc(C=NN=C(N)SCc2ccccc2)cc1. The van der Waals surface area contributed by atoms with E-state index in [9.17, 15) is 0 Å². The lowest BCUT2D eigenvalue weighted by Gasteiger charge is -2.17. The molecule has 0 amide bonds. The number of thioether (sulfide) groups is 1. The molecule has 0 aliphatic heterocycles. The molecule has 0 fully saturated rings. The van der Waals surface area contributed by atoms with Crippen LogP contribution in [-0.4, -0.2) is 36.7 Å². The summed E-state index contributed by atoms with van der Waals surface area (Å²) in [6, 6.07) is 18.0. The minimum Gasteiger partial charge on any atom is -0.395 e. The fourth-order valence-corrected chi connectivity index (χ4v) is 2.62. The fraction of sp³-hybridized carbons (Fsp3) is 0.222. The highest BCUT2D eigenvalue weighted by atomic mass is 32.2. The van der Waals surface area contributed by atoms with E-state index in [1.165, 1.54) is 17.3 Å². The van der Waals surface area contributed by atoms with Gasteiger partial charge in [-0.1, -0.05) is 54.2 Å². The van der Waals surface area contributed by atoms with Crippen LogP contribution in [0.2, 0.25) is 0 Å². The summed E-state index contributed by atoms with van der Waals surface area (Å²) in [6.07, 6.45) is 1.67. The third-order valence-corrected chi connectivity index (χ3v) is 4.22. The lowest BCUT2D eigenvalue weighted by molar-refractivity contribution is 0.304. The molecule has 0 radical (unpaired) electrons. The first-order valence-electron chi connectivity index (χ1n) is 7.64. The molecule has 0 spiro atoms. The smallest absolute Gasteiger partial charge is 0.180 e. The van der Waals surface area contributed by atoms with Gasteiger partial charge in [0.2, 0.25) is 0 Å². The Labute approximate surface area is 146 Å². The lowest BCUT2D eigenvalue weighted by Crippen LogP contribution is -2.20. The molecule has 0 bridgehead atoms. The van der Waals surface area contributed by atoms with Crippen molar-refractivity contribution in [1.29, 1.82) is 0 Å². The van der Waals surface area contributed by atoms with Gasteiger partial charge in [0, 0.05) is 25.0 Å². The van der Waals surface area contributed by atoms with Crippen molar-refractivity contribution >= 4 is 28.8 Å². The van der Waals surface area contributed by atoms with Gasteiger partial charge in [-0.25, -0.2) is 0 Å². The number of hydrogen-bond acceptors (Lipinski definition) is 5. The molecule has 6 heteroatoms. The average molecular weight is 342 g/mol. The predicted molar refractivity (Wildman–Crippen MR) is 104 cm³/mol. The van der Waals surface area contributed by atoms with Crippen molar-refractivity contribution in [1.82, 2.24) is 0 Å². The zero-order valence-electron chi connectivity index (χ0n) is 13.7. The molecule has 126 valence electrons. The molecule has 3 N–H and O–H groups in total. The van der Waals surface area contributed by atoms with Gasteiger partial charge in [0.1, 0.15) is 0 Å². The molecule has 2 aromatic rings. The van der Waals surface area contributed by atoms with Crippen molar-refractivity contribution in [2.45, 2.75) is 5.75 Å². The van der Waals surface area contributed by atoms with Gasteiger partial charge in [-0.3, -0.25) is 0 Å². The minimum atomic E-state index is 0.133. The highest BCUT2D eigenvalue weighted by Gasteiger charge is 1.99. The van der Waals surface area contributed by atoms with E-state index in [1.54, 1.807) is 6.21 Å². The van der Waals surface area contributed by atoms with Crippen molar-refractivity contribution < 1.29 is 5.11 Å². The molecule has 0 aromatic heterocycles. The Bertz CT molecular complexity index is 671. The number of aliphatic hydroxyl groups excluding tert-OH is 1. The number of amidine groups is 1. The first-order chi connectivity index (χ1) is 11.7. The lowest BCUT2D eigenvalue weighted by atomic mass is 10.2. The summed E-state index contributed by atoms with van der Waals surface area (Å²) in [5.41, 5.74) is 9.04. The van der Waals surface area contributed by atoms with Crippen LogP contribution in [0.1, 0.15) is 11.1 Å². The Balaban J connectivity index is 1.85. The van der Waals surface area contributed by atoms with Gasteiger partial charge in [-0.15, -0.1) is 5.10 Å². The molecule has 0 saturated carbocycles. The third-order valence-electron chi connectivity index (χ3n) is 3.36. The van der Waals surface area contributed by atoms with E-state index in [-0.39, 0.29) is 6.61 Å². The molecule has 0 heterocycles. The minimum absolute atomic E-state index is 0.133. The average Bonchev–Trinajstić information content (AvgIpc) is 2.61. The second-order valence-corrected chi connectivity index (χ2v) is 6.19. The fourth-order valence-electron chi connectivity index (χ4n) is 2.01. The molecule has 2 rings (SSSR count). The van der Waals surface area contributed by atoms with Crippen molar-refractivity contribution in [3.05, 3.63) is 65.7 Å². The van der Waals surface area contributed by atoms with Crippen LogP contribution >= 0.6 is 11.8 Å². The molecular formula is C18H22N4OS. The van der Waals surface area contributed by atoms with E-state index in [2.05, 4.69) is 22.3 Å². The second kappa shape index (κ2) is 9.75. The normalized spacial score (nSPS) is 11.8. The summed E-state index contributed by atoms with van der Waals surface area (Å²) >= 11 is 1.46. The van der Waals surface area contributed by atoms with E-state index in [1.807, 2.05) is 54.4 Å². The Morgan fingerprint density at radius 2 is 1.88 bits per heavy atom. The summed E-state index contributed by atoms with van der Waals surface area (Å²) < 4.78 is 0. The standard InChI is InChI=1S/C18H22N4OS/c1-22(11-12-23)17-9-7-15(8-10-17)13-20-21-18(19)24-14-16-5-3-2-4-6-16/h2-10,13,23H,11-12,14H2,1H3,(H2,19,21). The number of hydrogen-bond donors (Lipinski definition) is 2. The number of nitrogens with zero attached hydrogens (tertiary/aromatic N) is 3. The highest BCUT2D eigenvalue weighted by molar-refractivity contribution is 8.13. The van der Waals surface area contributed by atoms with Crippen LogP contribution in [0.4, 0.5) is 5.69 Å². The number of benzene rings is 2. The molecule has 5 nitrogen and oxygen atoms in total. The van der Waals surface area contributed by atoms with Crippen LogP contribution in [-0.2, 0) is 5.75 Å². The van der Waals surface area contributed by atoms with Gasteiger partial charge in [-0.05, 0) is 23.3 Å². The van der Waals surface area contributed by atoms with Crippen LogP contribution in [0.15, 0.2) is 64.8 Å². The van der Waals surface area contributed by atoms with Gasteiger partial charge in [0.05, 0.1) is 12.8 Å². The first-order valence-corrected chi connectivity index (χ1v) is 8.63. The molecule has 24 heavy (non-hydrogen) atoms. The maximum absolute atomic E-state index is 8.95. The van der Waals surface area contributed by atoms with Crippen molar-refractivity contribution in [2.75, 3.05) is 25.1 Å². The summed E-state index contributed by atoms with van der Waals surface area (Å²) in [6.45, 7) is 0.737. The van der Waals surface area contributed by atoms with E-state index in [4.69, 9.17) is 10.8 Å². The van der Waals surface area contributed by atoms with E-state index < -0.39 is 0 Å². The van der Waals surface area contributed by atoms with Crippen molar-refractivity contribution in [3.8, 4) is 0 Å². The van der Waals surface area contributed by atoms with Gasteiger partial charge in [0.25, 0.3) is 0 Å². The Kier molecular flexibility index (Phi) is 7.32. The van der Waals surface area contributed by atoms with Gasteiger partial charge in [0.15, 0.2) is 5.17 Å². The summed E-state index contributed by atoms with van der Waals surface area (Å²) in [7, 11) is 1.94. The Morgan fingerprint density at radius 1 is 1.17 bits per heavy atom. The summed E-state index contributed by atoms with van der Waals surface area (Å²) in [4.78, 5) is 1.98. The van der Waals surface area contributed by atoms with Crippen LogP contribution < -0.4 is 10.6 Å². The largest absolute Gasteiger partial charge is 0.395 e. The third kappa shape index (κ3) is 6.06. The quantitative estimate of drug-likeness (QED) is 0.461. The Hall–Kier alpha value is -2.31. The van der Waals surface area contributed by atoms with E-state index in [0.29, 0.717) is 11.7 Å². The maximum Gasteiger partial charge on any atom is 0.180 e. The Morgan fingerprint density at radius 3 is 2.54 bits per heavy atom. The molecule has 0 aliphatic rings. The number of anilines is 1. The van der Waals surface area contributed by atoms with Crippen LogP contribution in [0.25, 0.3) is 0 Å². The molecule has 0 saturated heterocycles. The van der Waals surface area contributed by atoms with Crippen LogP contribution in [0, 0.1) is 0 Å². The second-order valence-electron chi connectivity index (χ2n) is 5.19. The van der Waals surface area contributed by atoms with Crippen LogP contribution in [0.5, 0.6) is 0 Å². The van der Waals surface area contributed by atoms with E-state index in [0.717, 1.165) is 17.0 Å². The molecule has 0 atom stereocenters. The predicted octanol–water partition coefficient (Wildman–Crippen LogP) is 2.70. The maximum atomic E-state index is 8.95. The number of rotatable bonds is 7. The number of likely N-dealkylation sites (N-methyl/N-ethyl adjacent to an activating group) is 1. The highest BCUT2D eigenvalue weighted by Crippen LogP contribution is 2.13. The monoisotopic (exact) mass is 342 g/mol. The topological polar surface area (TPSA) is 74.2 Å². The summed E-state index contributed by atoms with van der Waals surface area (Å²) in [5.74, 6) is 0.775. The molecule has 2 aromatic carbocycles. The van der Waals surface area contributed by atoms with Crippen molar-refractivity contribution in [3.63, 3.8) is 0 Å². The first kappa shape index (κ1) is 18.0. The van der Waals surface area contributed by atoms with E-state index >= 15 is 0 Å². The number of aliphatic hydroxyl groups is 1. The summed E-state index contributed by atoms with van der Waals surface area (Å²) in [5, 5.41) is 17.4.